The molecule has 7 aromatic carbocycles. The largest absolute Gasteiger partial charge is 0.308 e. The van der Waals surface area contributed by atoms with E-state index in [1.807, 2.05) is 63.5 Å². The lowest BCUT2D eigenvalue weighted by molar-refractivity contribution is 0.803. The Bertz CT molecular complexity index is 2620. The molecule has 0 bridgehead atoms. The Morgan fingerprint density at radius 3 is 1.05 bits per heavy atom. The molecule has 0 saturated heterocycles. The summed E-state index contributed by atoms with van der Waals surface area (Å²) in [7, 11) is 0. The minimum Gasteiger partial charge on any atom is -0.308 e. The summed E-state index contributed by atoms with van der Waals surface area (Å²) in [5, 5.41) is 18.1. The van der Waals surface area contributed by atoms with Crippen LogP contribution in [0.3, 0.4) is 0 Å². The highest BCUT2D eigenvalue weighted by Crippen LogP contribution is 2.52. The van der Waals surface area contributed by atoms with E-state index in [1.165, 1.54) is 42.3 Å². The summed E-state index contributed by atoms with van der Waals surface area (Å²) in [5.41, 5.74) is 12.2. The summed E-state index contributed by atoms with van der Waals surface area (Å²) in [5.74, 6) is 0. The number of aromatic nitrogens is 6. The van der Waals surface area contributed by atoms with Crippen LogP contribution in [-0.4, -0.2) is 30.0 Å². The molecule has 0 radical (unpaired) electrons. The number of fused-ring (bicyclic) bond motifs is 4. The van der Waals surface area contributed by atoms with Crippen LogP contribution < -0.4 is 9.80 Å². The van der Waals surface area contributed by atoms with E-state index in [1.54, 1.807) is 0 Å². The predicted octanol–water partition coefficient (Wildman–Crippen LogP) is 12.1. The molecule has 9 aromatic rings. The second-order valence-corrected chi connectivity index (χ2v) is 15.6. The Labute approximate surface area is 331 Å². The lowest BCUT2D eigenvalue weighted by atomic mass is 10.1. The zero-order chi connectivity index (χ0) is 37.0. The number of hydrogen-bond acceptors (Lipinski definition) is 8. The van der Waals surface area contributed by atoms with Gasteiger partial charge >= 0.3 is 0 Å². The van der Waals surface area contributed by atoms with Gasteiger partial charge in [-0.25, -0.2) is 9.36 Å². The lowest BCUT2D eigenvalue weighted by Gasteiger charge is -2.32. The molecule has 0 amide bonds. The van der Waals surface area contributed by atoms with E-state index in [-0.39, 0.29) is 0 Å². The summed E-state index contributed by atoms with van der Waals surface area (Å²) in [4.78, 5) is 9.59. The van der Waals surface area contributed by atoms with Gasteiger partial charge in [-0.1, -0.05) is 101 Å². The van der Waals surface area contributed by atoms with Crippen LogP contribution in [-0.2, 0) is 0 Å². The van der Waals surface area contributed by atoms with Gasteiger partial charge in [0.25, 0.3) is 0 Å². The Morgan fingerprint density at radius 2 is 0.679 bits per heavy atom. The Kier molecular flexibility index (Phi) is 7.82. The van der Waals surface area contributed by atoms with Crippen LogP contribution in [0.15, 0.2) is 202 Å². The van der Waals surface area contributed by atoms with Crippen molar-refractivity contribution in [2.24, 2.45) is 0 Å². The van der Waals surface area contributed by atoms with Gasteiger partial charge < -0.3 is 9.80 Å². The molecule has 0 spiro atoms. The standard InChI is InChI=1S/C46H30N8S2/c1-5-16-43-39(12-1)53(40-13-2-6-17-44(40)55-43)35-24-20-33(21-25-35)51-29-37(47-49-51)31-10-9-11-32(28-31)38-30-52(50-48-38)34-22-26-36(27-23-34)54-41-14-3-7-18-45(41)56-46-19-8-4-15-42(46)54/h1-30H. The highest BCUT2D eigenvalue weighted by Gasteiger charge is 2.26. The Hall–Kier alpha value is -6.88. The number of anilines is 6. The zero-order valence-electron chi connectivity index (χ0n) is 29.7. The number of nitrogens with zero attached hydrogens (tertiary/aromatic N) is 8. The maximum absolute atomic E-state index is 4.55. The molecular formula is C46H30N8S2. The van der Waals surface area contributed by atoms with Crippen molar-refractivity contribution in [1.29, 1.82) is 0 Å². The van der Waals surface area contributed by atoms with Gasteiger partial charge in [0.15, 0.2) is 0 Å². The first-order chi connectivity index (χ1) is 27.7. The summed E-state index contributed by atoms with van der Waals surface area (Å²) < 4.78 is 3.64. The maximum atomic E-state index is 4.55. The highest BCUT2D eigenvalue weighted by molar-refractivity contribution is 8.00. The topological polar surface area (TPSA) is 67.9 Å². The van der Waals surface area contributed by atoms with Crippen molar-refractivity contribution in [2.75, 3.05) is 9.80 Å². The predicted molar refractivity (Wildman–Crippen MR) is 225 cm³/mol. The van der Waals surface area contributed by atoms with Crippen LogP contribution in [0.4, 0.5) is 34.1 Å². The monoisotopic (exact) mass is 758 g/mol. The minimum atomic E-state index is 0.772. The molecule has 2 aliphatic heterocycles. The van der Waals surface area contributed by atoms with E-state index in [4.69, 9.17) is 0 Å². The van der Waals surface area contributed by atoms with E-state index >= 15 is 0 Å². The smallest absolute Gasteiger partial charge is 0.113 e. The van der Waals surface area contributed by atoms with E-state index in [9.17, 15) is 0 Å². The first-order valence-corrected chi connectivity index (χ1v) is 19.9. The molecule has 266 valence electrons. The average molecular weight is 759 g/mol. The summed E-state index contributed by atoms with van der Waals surface area (Å²) in [6.45, 7) is 0. The fourth-order valence-corrected chi connectivity index (χ4v) is 9.47. The third kappa shape index (κ3) is 5.66. The normalized spacial score (nSPS) is 12.8. The molecule has 0 atom stereocenters. The summed E-state index contributed by atoms with van der Waals surface area (Å²) in [6, 6.07) is 59.3. The van der Waals surface area contributed by atoms with Gasteiger partial charge in [-0.3, -0.25) is 0 Å². The third-order valence-corrected chi connectivity index (χ3v) is 12.3. The van der Waals surface area contributed by atoms with Crippen molar-refractivity contribution in [2.45, 2.75) is 19.6 Å². The Balaban J connectivity index is 0.832. The quantitative estimate of drug-likeness (QED) is 0.166. The molecular weight excluding hydrogens is 729 g/mol. The van der Waals surface area contributed by atoms with Crippen molar-refractivity contribution < 1.29 is 0 Å². The molecule has 0 aliphatic carbocycles. The maximum Gasteiger partial charge on any atom is 0.113 e. The van der Waals surface area contributed by atoms with E-state index in [2.05, 4.69) is 182 Å². The van der Waals surface area contributed by atoms with Gasteiger partial charge in [0, 0.05) is 42.1 Å². The number of rotatable bonds is 6. The molecule has 2 aliphatic rings. The van der Waals surface area contributed by atoms with Crippen molar-refractivity contribution in [1.82, 2.24) is 30.0 Å². The van der Waals surface area contributed by atoms with Crippen molar-refractivity contribution in [3.63, 3.8) is 0 Å². The van der Waals surface area contributed by atoms with Gasteiger partial charge in [-0.15, -0.1) is 10.2 Å². The number of para-hydroxylation sites is 4. The molecule has 56 heavy (non-hydrogen) atoms. The van der Waals surface area contributed by atoms with E-state index in [0.717, 1.165) is 45.3 Å². The number of benzene rings is 7. The summed E-state index contributed by atoms with van der Waals surface area (Å²) in [6.07, 6.45) is 3.93. The first-order valence-electron chi connectivity index (χ1n) is 18.2. The fraction of sp³-hybridized carbons (Fsp3) is 0. The minimum absolute atomic E-state index is 0.772. The zero-order valence-corrected chi connectivity index (χ0v) is 31.3. The Morgan fingerprint density at radius 1 is 0.339 bits per heavy atom. The van der Waals surface area contributed by atoms with Crippen LogP contribution in [0.25, 0.3) is 33.9 Å². The van der Waals surface area contributed by atoms with Crippen LogP contribution in [0.2, 0.25) is 0 Å². The molecule has 0 unspecified atom stereocenters. The van der Waals surface area contributed by atoms with Gasteiger partial charge in [0.05, 0.1) is 46.5 Å². The van der Waals surface area contributed by atoms with Gasteiger partial charge in [-0.2, -0.15) is 0 Å². The van der Waals surface area contributed by atoms with Crippen LogP contribution in [0.5, 0.6) is 0 Å². The molecule has 8 nitrogen and oxygen atoms in total. The van der Waals surface area contributed by atoms with Crippen LogP contribution in [0, 0.1) is 0 Å². The molecule has 0 N–H and O–H groups in total. The lowest BCUT2D eigenvalue weighted by Crippen LogP contribution is -2.14. The third-order valence-electron chi connectivity index (χ3n) is 10.1. The molecule has 11 rings (SSSR count). The highest BCUT2D eigenvalue weighted by atomic mass is 32.2. The van der Waals surface area contributed by atoms with E-state index in [0.29, 0.717) is 0 Å². The molecule has 0 saturated carbocycles. The molecule has 0 fully saturated rings. The van der Waals surface area contributed by atoms with Crippen molar-refractivity contribution >= 4 is 57.6 Å². The van der Waals surface area contributed by atoms with Crippen molar-refractivity contribution in [3.8, 4) is 33.9 Å². The van der Waals surface area contributed by atoms with Crippen LogP contribution in [0.1, 0.15) is 0 Å². The SMILES string of the molecule is c1cc(-c2cn(-c3ccc(N4c5ccccc5Sc5ccccc54)cc3)nn2)cc(-c2cn(-c3ccc(N4c5ccccc5Sc5ccccc54)cc3)nn2)c1. The molecule has 4 heterocycles. The van der Waals surface area contributed by atoms with Gasteiger partial charge in [-0.05, 0) is 103 Å². The molecule has 10 heteroatoms. The summed E-state index contributed by atoms with van der Waals surface area (Å²) >= 11 is 3.62. The van der Waals surface area contributed by atoms with E-state index < -0.39 is 0 Å². The average Bonchev–Trinajstić information content (AvgIpc) is 3.97. The fourth-order valence-electron chi connectivity index (χ4n) is 7.36. The van der Waals surface area contributed by atoms with Gasteiger partial charge in [0.2, 0.25) is 0 Å². The second-order valence-electron chi connectivity index (χ2n) is 13.5. The van der Waals surface area contributed by atoms with Crippen molar-refractivity contribution in [3.05, 3.63) is 182 Å². The second kappa shape index (κ2) is 13.5. The van der Waals surface area contributed by atoms with Gasteiger partial charge in [0.1, 0.15) is 11.4 Å². The number of hydrogen-bond donors (Lipinski definition) is 0. The van der Waals surface area contributed by atoms with Crippen LogP contribution >= 0.6 is 23.5 Å². The molecule has 2 aromatic heterocycles. The first kappa shape index (κ1) is 32.5.